The van der Waals surface area contributed by atoms with E-state index >= 15 is 0 Å². The summed E-state index contributed by atoms with van der Waals surface area (Å²) in [6.07, 6.45) is 1.79. The van der Waals surface area contributed by atoms with Gasteiger partial charge in [0.25, 0.3) is 11.8 Å². The van der Waals surface area contributed by atoms with Crippen LogP contribution in [-0.2, 0) is 22.7 Å². The maximum Gasteiger partial charge on any atom is 0.265 e. The van der Waals surface area contributed by atoms with E-state index in [2.05, 4.69) is 47.3 Å². The van der Waals surface area contributed by atoms with Crippen LogP contribution in [0.2, 0.25) is 0 Å². The van der Waals surface area contributed by atoms with Crippen LogP contribution in [0, 0.1) is 6.92 Å². The topological polar surface area (TPSA) is 65.1 Å². The molecular weight excluding hydrogens is 480 g/mol. The fraction of sp³-hybridized carbons (Fsp3) is 0.346. The summed E-state index contributed by atoms with van der Waals surface area (Å²) >= 11 is 6.32. The van der Waals surface area contributed by atoms with Crippen molar-refractivity contribution in [3.8, 4) is 5.75 Å². The first kappa shape index (κ1) is 24.0. The minimum atomic E-state index is -0.199. The molecule has 0 unspecified atom stereocenters. The molecule has 3 heterocycles. The number of nitrogens with one attached hydrogen (secondary N) is 1. The number of carbonyl (C=O) groups is 2. The molecule has 3 aliphatic rings. The lowest BCUT2D eigenvalue weighted by atomic mass is 10.0. The van der Waals surface area contributed by atoms with E-state index in [4.69, 9.17) is 17.0 Å². The minimum Gasteiger partial charge on any atom is -0.482 e. The van der Waals surface area contributed by atoms with Crippen LogP contribution >= 0.6 is 24.0 Å². The van der Waals surface area contributed by atoms with E-state index in [1.807, 2.05) is 18.2 Å². The quantitative estimate of drug-likeness (QED) is 0.492. The molecule has 2 aromatic carbocycles. The van der Waals surface area contributed by atoms with Crippen LogP contribution in [0.25, 0.3) is 6.08 Å². The fourth-order valence-electron chi connectivity index (χ4n) is 4.63. The number of piperazine rings is 1. The monoisotopic (exact) mass is 508 g/mol. The molecule has 0 saturated carbocycles. The molecule has 35 heavy (non-hydrogen) atoms. The average molecular weight is 509 g/mol. The predicted octanol–water partition coefficient (Wildman–Crippen LogP) is 3.16. The molecule has 0 bridgehead atoms. The number of carbonyl (C=O) groups excluding carboxylic acids is 2. The summed E-state index contributed by atoms with van der Waals surface area (Å²) in [7, 11) is 2.16. The number of anilines is 1. The molecule has 2 amide bonds. The lowest BCUT2D eigenvalue weighted by molar-refractivity contribution is -0.121. The number of thioether (sulfide) groups is 1. The SMILES string of the molecule is Cc1cc(CN2CCN(C)CC2)cc(CN2C(=O)COc3ccc(C=C4SC(=S)NC4=O)cc32)c1. The van der Waals surface area contributed by atoms with Gasteiger partial charge in [-0.05, 0) is 48.9 Å². The Morgan fingerprint density at radius 3 is 2.51 bits per heavy atom. The summed E-state index contributed by atoms with van der Waals surface area (Å²) in [5, 5.41) is 2.63. The van der Waals surface area contributed by atoms with Gasteiger partial charge in [0.2, 0.25) is 0 Å². The average Bonchev–Trinajstić information content (AvgIpc) is 3.13. The second kappa shape index (κ2) is 10.1. The predicted molar refractivity (Wildman–Crippen MR) is 143 cm³/mol. The van der Waals surface area contributed by atoms with Gasteiger partial charge in [-0.2, -0.15) is 0 Å². The van der Waals surface area contributed by atoms with Crippen molar-refractivity contribution in [3.05, 3.63) is 63.6 Å². The first-order valence-corrected chi connectivity index (χ1v) is 12.9. The summed E-state index contributed by atoms with van der Waals surface area (Å²) in [5.74, 6) is 0.379. The minimum absolute atomic E-state index is 0.0138. The van der Waals surface area contributed by atoms with Crippen molar-refractivity contribution in [1.82, 2.24) is 15.1 Å². The van der Waals surface area contributed by atoms with Gasteiger partial charge in [0.1, 0.15) is 10.1 Å². The number of aryl methyl sites for hydroxylation is 1. The lowest BCUT2D eigenvalue weighted by Crippen LogP contribution is -2.43. The van der Waals surface area contributed by atoms with E-state index in [0.29, 0.717) is 27.2 Å². The molecule has 0 aliphatic carbocycles. The Kier molecular flexibility index (Phi) is 6.93. The van der Waals surface area contributed by atoms with E-state index in [1.165, 1.54) is 22.9 Å². The molecule has 2 aromatic rings. The number of likely N-dealkylation sites (N-methyl/N-ethyl adjacent to an activating group) is 1. The van der Waals surface area contributed by atoms with E-state index in [9.17, 15) is 9.59 Å². The highest BCUT2D eigenvalue weighted by molar-refractivity contribution is 8.26. The van der Waals surface area contributed by atoms with Crippen LogP contribution in [0.1, 0.15) is 22.3 Å². The van der Waals surface area contributed by atoms with Crippen LogP contribution in [0.5, 0.6) is 5.75 Å². The maximum atomic E-state index is 12.9. The standard InChI is InChI=1S/C26H28N4O3S2/c1-17-9-19(14-29-7-5-28(2)6-8-29)11-20(10-17)15-30-21-12-18(3-4-22(21)33-16-24(30)31)13-23-25(32)27-26(34)35-23/h3-4,9-13H,5-8,14-16H2,1-2H3,(H,27,32,34). The highest BCUT2D eigenvalue weighted by atomic mass is 32.2. The van der Waals surface area contributed by atoms with Crippen molar-refractivity contribution in [2.24, 2.45) is 0 Å². The van der Waals surface area contributed by atoms with Crippen LogP contribution in [0.4, 0.5) is 5.69 Å². The number of thiocarbonyl (C=S) groups is 1. The van der Waals surface area contributed by atoms with Crippen molar-refractivity contribution < 1.29 is 14.3 Å². The normalized spacial score (nSPS) is 20.2. The zero-order valence-electron chi connectivity index (χ0n) is 19.9. The highest BCUT2D eigenvalue weighted by Gasteiger charge is 2.27. The molecular formula is C26H28N4O3S2. The summed E-state index contributed by atoms with van der Waals surface area (Å²) < 4.78 is 6.15. The molecule has 182 valence electrons. The van der Waals surface area contributed by atoms with Crippen molar-refractivity contribution in [2.45, 2.75) is 20.0 Å². The van der Waals surface area contributed by atoms with Crippen molar-refractivity contribution >= 4 is 51.9 Å². The lowest BCUT2D eigenvalue weighted by Gasteiger charge is -2.32. The Bertz CT molecular complexity index is 1220. The van der Waals surface area contributed by atoms with Crippen molar-refractivity contribution in [3.63, 3.8) is 0 Å². The summed E-state index contributed by atoms with van der Waals surface area (Å²) in [6, 6.07) is 12.2. The maximum absolute atomic E-state index is 12.9. The van der Waals surface area contributed by atoms with E-state index in [-0.39, 0.29) is 18.4 Å². The number of hydrogen-bond acceptors (Lipinski definition) is 7. The number of amides is 2. The summed E-state index contributed by atoms with van der Waals surface area (Å²) in [5.41, 5.74) is 5.07. The number of nitrogens with zero attached hydrogens (tertiary/aromatic N) is 3. The molecule has 0 atom stereocenters. The second-order valence-electron chi connectivity index (χ2n) is 9.25. The van der Waals surface area contributed by atoms with Gasteiger partial charge in [-0.3, -0.25) is 14.5 Å². The molecule has 0 spiro atoms. The Labute approximate surface area is 215 Å². The Hall–Kier alpha value is -2.72. The summed E-state index contributed by atoms with van der Waals surface area (Å²) in [6.45, 7) is 7.79. The van der Waals surface area contributed by atoms with Crippen LogP contribution in [0.15, 0.2) is 41.3 Å². The van der Waals surface area contributed by atoms with Crippen LogP contribution in [-0.4, -0.2) is 65.8 Å². The molecule has 7 nitrogen and oxygen atoms in total. The number of rotatable bonds is 5. The fourth-order valence-corrected chi connectivity index (χ4v) is 5.68. The van der Waals surface area contributed by atoms with E-state index in [1.54, 1.807) is 11.0 Å². The first-order chi connectivity index (χ1) is 16.8. The molecule has 2 fully saturated rings. The first-order valence-electron chi connectivity index (χ1n) is 11.7. The number of fused-ring (bicyclic) bond motifs is 1. The van der Waals surface area contributed by atoms with Crippen LogP contribution < -0.4 is 15.0 Å². The Morgan fingerprint density at radius 2 is 1.80 bits per heavy atom. The van der Waals surface area contributed by atoms with E-state index < -0.39 is 0 Å². The molecule has 2 saturated heterocycles. The Balaban J connectivity index is 1.39. The molecule has 9 heteroatoms. The zero-order chi connectivity index (χ0) is 24.5. The van der Waals surface area contributed by atoms with Gasteiger partial charge in [-0.15, -0.1) is 0 Å². The largest absolute Gasteiger partial charge is 0.482 e. The van der Waals surface area contributed by atoms with Gasteiger partial charge >= 0.3 is 0 Å². The third-order valence-electron chi connectivity index (χ3n) is 6.41. The van der Waals surface area contributed by atoms with Gasteiger partial charge in [-0.25, -0.2) is 0 Å². The van der Waals surface area contributed by atoms with Gasteiger partial charge in [0.15, 0.2) is 6.61 Å². The molecule has 5 rings (SSSR count). The highest BCUT2D eigenvalue weighted by Crippen LogP contribution is 2.36. The Morgan fingerprint density at radius 1 is 1.06 bits per heavy atom. The zero-order valence-corrected chi connectivity index (χ0v) is 21.5. The van der Waals surface area contributed by atoms with Crippen molar-refractivity contribution in [1.29, 1.82) is 0 Å². The third kappa shape index (κ3) is 5.59. The van der Waals surface area contributed by atoms with Crippen molar-refractivity contribution in [2.75, 3.05) is 44.7 Å². The molecule has 3 aliphatic heterocycles. The smallest absolute Gasteiger partial charge is 0.265 e. The van der Waals surface area contributed by atoms with Gasteiger partial charge in [-0.1, -0.05) is 53.8 Å². The molecule has 1 N–H and O–H groups in total. The van der Waals surface area contributed by atoms with Gasteiger partial charge in [0.05, 0.1) is 17.1 Å². The number of ether oxygens (including phenoxy) is 1. The van der Waals surface area contributed by atoms with E-state index in [0.717, 1.165) is 43.9 Å². The van der Waals surface area contributed by atoms with Gasteiger partial charge in [0, 0.05) is 32.7 Å². The van der Waals surface area contributed by atoms with Gasteiger partial charge < -0.3 is 19.9 Å². The summed E-state index contributed by atoms with van der Waals surface area (Å²) in [4.78, 5) is 32.2. The number of hydrogen-bond donors (Lipinski definition) is 1. The molecule has 0 aromatic heterocycles. The van der Waals surface area contributed by atoms with Crippen LogP contribution in [0.3, 0.4) is 0 Å². The molecule has 0 radical (unpaired) electrons. The second-order valence-corrected chi connectivity index (χ2v) is 11.0. The third-order valence-corrected chi connectivity index (χ3v) is 7.57. The number of benzene rings is 2.